The van der Waals surface area contributed by atoms with Gasteiger partial charge in [0.25, 0.3) is 5.91 Å². The Bertz CT molecular complexity index is 857. The van der Waals surface area contributed by atoms with Gasteiger partial charge in [0.1, 0.15) is 18.0 Å². The maximum absolute atomic E-state index is 12.4. The summed E-state index contributed by atoms with van der Waals surface area (Å²) in [6, 6.07) is 7.41. The number of H-pyrrole nitrogens is 1. The number of nitrogens with zero attached hydrogens (tertiary/aromatic N) is 4. The number of anilines is 2. The highest BCUT2D eigenvalue weighted by atomic mass is 32.1. The molecule has 0 saturated carbocycles. The van der Waals surface area contributed by atoms with E-state index >= 15 is 0 Å². The standard InChI is InChI=1S/C16H16N6O2S/c23-16(12-8-11(20-21-12)13-2-1-7-25-13)19-14-9-15(18-10-17-14)22-3-5-24-6-4-22/h1-2,7-10H,3-6H2,(H,20,21)(H,17,18,19,23). The molecule has 128 valence electrons. The fourth-order valence-corrected chi connectivity index (χ4v) is 3.25. The summed E-state index contributed by atoms with van der Waals surface area (Å²) in [4.78, 5) is 23.9. The normalized spacial score (nSPS) is 14.5. The predicted octanol–water partition coefficient (Wildman–Crippen LogP) is 2.02. The molecule has 2 N–H and O–H groups in total. The molecular formula is C16H16N6O2S. The molecule has 0 aromatic carbocycles. The third kappa shape index (κ3) is 3.52. The van der Waals surface area contributed by atoms with E-state index in [1.807, 2.05) is 17.5 Å². The Morgan fingerprint density at radius 1 is 1.28 bits per heavy atom. The van der Waals surface area contributed by atoms with E-state index in [1.165, 1.54) is 6.33 Å². The maximum Gasteiger partial charge on any atom is 0.277 e. The number of ether oxygens (including phenoxy) is 1. The molecule has 0 atom stereocenters. The summed E-state index contributed by atoms with van der Waals surface area (Å²) in [6.07, 6.45) is 1.45. The monoisotopic (exact) mass is 356 g/mol. The molecule has 0 unspecified atom stereocenters. The van der Waals surface area contributed by atoms with Gasteiger partial charge in [-0.3, -0.25) is 9.89 Å². The molecule has 8 nitrogen and oxygen atoms in total. The number of hydrogen-bond donors (Lipinski definition) is 2. The van der Waals surface area contributed by atoms with Gasteiger partial charge >= 0.3 is 0 Å². The Kier molecular flexibility index (Phi) is 4.40. The predicted molar refractivity (Wildman–Crippen MR) is 94.9 cm³/mol. The zero-order chi connectivity index (χ0) is 17.1. The summed E-state index contributed by atoms with van der Waals surface area (Å²) < 4.78 is 5.34. The summed E-state index contributed by atoms with van der Waals surface area (Å²) in [5.74, 6) is 0.905. The fraction of sp³-hybridized carbons (Fsp3) is 0.250. The summed E-state index contributed by atoms with van der Waals surface area (Å²) in [6.45, 7) is 2.89. The molecule has 4 rings (SSSR count). The summed E-state index contributed by atoms with van der Waals surface area (Å²) in [5.41, 5.74) is 1.13. The molecule has 25 heavy (non-hydrogen) atoms. The maximum atomic E-state index is 12.4. The molecule has 0 bridgehead atoms. The molecule has 3 aromatic rings. The Hall–Kier alpha value is -2.78. The Morgan fingerprint density at radius 2 is 2.16 bits per heavy atom. The highest BCUT2D eigenvalue weighted by Gasteiger charge is 2.16. The van der Waals surface area contributed by atoms with E-state index in [0.29, 0.717) is 24.7 Å². The van der Waals surface area contributed by atoms with Gasteiger partial charge in [-0.25, -0.2) is 9.97 Å². The van der Waals surface area contributed by atoms with Crippen molar-refractivity contribution < 1.29 is 9.53 Å². The molecule has 1 aliphatic heterocycles. The number of carbonyl (C=O) groups is 1. The van der Waals surface area contributed by atoms with Crippen LogP contribution < -0.4 is 10.2 Å². The van der Waals surface area contributed by atoms with E-state index in [9.17, 15) is 4.79 Å². The Labute approximate surface area is 147 Å². The molecule has 1 fully saturated rings. The van der Waals surface area contributed by atoms with E-state index in [0.717, 1.165) is 29.5 Å². The van der Waals surface area contributed by atoms with Crippen LogP contribution in [0.3, 0.4) is 0 Å². The highest BCUT2D eigenvalue weighted by molar-refractivity contribution is 7.13. The van der Waals surface area contributed by atoms with Crippen molar-refractivity contribution in [3.8, 4) is 10.6 Å². The number of morpholine rings is 1. The zero-order valence-corrected chi connectivity index (χ0v) is 14.1. The molecule has 4 heterocycles. The van der Waals surface area contributed by atoms with E-state index < -0.39 is 0 Å². The summed E-state index contributed by atoms with van der Waals surface area (Å²) >= 11 is 1.58. The zero-order valence-electron chi connectivity index (χ0n) is 13.3. The van der Waals surface area contributed by atoms with Gasteiger partial charge in [0.2, 0.25) is 0 Å². The first-order chi connectivity index (χ1) is 12.3. The lowest BCUT2D eigenvalue weighted by Gasteiger charge is -2.27. The molecule has 1 saturated heterocycles. The van der Waals surface area contributed by atoms with Crippen LogP contribution in [0.5, 0.6) is 0 Å². The van der Waals surface area contributed by atoms with Crippen LogP contribution in [0.4, 0.5) is 11.6 Å². The second kappa shape index (κ2) is 6.99. The van der Waals surface area contributed by atoms with Crippen molar-refractivity contribution in [2.24, 2.45) is 0 Å². The fourth-order valence-electron chi connectivity index (χ4n) is 2.56. The molecule has 0 radical (unpaired) electrons. The number of amides is 1. The van der Waals surface area contributed by atoms with E-state index in [1.54, 1.807) is 23.5 Å². The molecule has 1 amide bonds. The lowest BCUT2D eigenvalue weighted by molar-refractivity contribution is 0.102. The molecular weight excluding hydrogens is 340 g/mol. The van der Waals surface area contributed by atoms with Gasteiger partial charge in [0, 0.05) is 19.2 Å². The number of nitrogens with one attached hydrogen (secondary N) is 2. The van der Waals surface area contributed by atoms with Crippen molar-refractivity contribution >= 4 is 28.9 Å². The van der Waals surface area contributed by atoms with Crippen LogP contribution in [0, 0.1) is 0 Å². The number of carbonyl (C=O) groups excluding carboxylic acids is 1. The smallest absolute Gasteiger partial charge is 0.277 e. The van der Waals surface area contributed by atoms with Gasteiger partial charge in [-0.1, -0.05) is 6.07 Å². The molecule has 1 aliphatic rings. The van der Waals surface area contributed by atoms with Gasteiger partial charge < -0.3 is 15.0 Å². The van der Waals surface area contributed by atoms with Crippen LogP contribution in [0.15, 0.2) is 36.0 Å². The molecule has 0 spiro atoms. The topological polar surface area (TPSA) is 96.0 Å². The lowest BCUT2D eigenvalue weighted by atomic mass is 10.3. The van der Waals surface area contributed by atoms with Crippen molar-refractivity contribution in [2.45, 2.75) is 0 Å². The second-order valence-corrected chi connectivity index (χ2v) is 6.41. The van der Waals surface area contributed by atoms with Gasteiger partial charge in [0.15, 0.2) is 5.69 Å². The SMILES string of the molecule is O=C(Nc1cc(N2CCOCC2)ncn1)c1cc(-c2cccs2)[nH]n1. The molecule has 3 aromatic heterocycles. The van der Waals surface area contributed by atoms with Gasteiger partial charge in [-0.15, -0.1) is 11.3 Å². The molecule has 0 aliphatic carbocycles. The first-order valence-corrected chi connectivity index (χ1v) is 8.73. The van der Waals surface area contributed by atoms with Crippen LogP contribution >= 0.6 is 11.3 Å². The number of hydrogen-bond acceptors (Lipinski definition) is 7. The Balaban J connectivity index is 1.47. The first kappa shape index (κ1) is 15.7. The largest absolute Gasteiger partial charge is 0.378 e. The van der Waals surface area contributed by atoms with E-state index in [-0.39, 0.29) is 5.91 Å². The van der Waals surface area contributed by atoms with Crippen LogP contribution in [0.25, 0.3) is 10.6 Å². The number of thiophene rings is 1. The first-order valence-electron chi connectivity index (χ1n) is 7.85. The number of rotatable bonds is 4. The van der Waals surface area contributed by atoms with Crippen LogP contribution in [-0.4, -0.2) is 52.4 Å². The third-order valence-corrected chi connectivity index (χ3v) is 4.73. The van der Waals surface area contributed by atoms with Crippen LogP contribution in [-0.2, 0) is 4.74 Å². The van der Waals surface area contributed by atoms with Crippen LogP contribution in [0.1, 0.15) is 10.5 Å². The average Bonchev–Trinajstić information content (AvgIpc) is 3.34. The summed E-state index contributed by atoms with van der Waals surface area (Å²) in [7, 11) is 0. The van der Waals surface area contributed by atoms with Crippen molar-refractivity contribution in [1.29, 1.82) is 0 Å². The third-order valence-electron chi connectivity index (χ3n) is 3.83. The second-order valence-electron chi connectivity index (χ2n) is 5.46. The van der Waals surface area contributed by atoms with Crippen LogP contribution in [0.2, 0.25) is 0 Å². The van der Waals surface area contributed by atoms with E-state index in [4.69, 9.17) is 4.74 Å². The minimum atomic E-state index is -0.314. The van der Waals surface area contributed by atoms with E-state index in [2.05, 4.69) is 30.4 Å². The van der Waals surface area contributed by atoms with Gasteiger partial charge in [-0.2, -0.15) is 5.10 Å². The van der Waals surface area contributed by atoms with Gasteiger partial charge in [0.05, 0.1) is 23.8 Å². The highest BCUT2D eigenvalue weighted by Crippen LogP contribution is 2.23. The van der Waals surface area contributed by atoms with Crippen molar-refractivity contribution in [1.82, 2.24) is 20.2 Å². The molecule has 9 heteroatoms. The quantitative estimate of drug-likeness (QED) is 0.742. The lowest BCUT2D eigenvalue weighted by Crippen LogP contribution is -2.36. The van der Waals surface area contributed by atoms with Crippen molar-refractivity contribution in [2.75, 3.05) is 36.5 Å². The average molecular weight is 356 g/mol. The number of aromatic nitrogens is 4. The minimum absolute atomic E-state index is 0.314. The number of aromatic amines is 1. The summed E-state index contributed by atoms with van der Waals surface area (Å²) in [5, 5.41) is 11.7. The van der Waals surface area contributed by atoms with Crippen molar-refractivity contribution in [3.63, 3.8) is 0 Å². The van der Waals surface area contributed by atoms with Crippen molar-refractivity contribution in [3.05, 3.63) is 41.7 Å². The minimum Gasteiger partial charge on any atom is -0.378 e. The van der Waals surface area contributed by atoms with Gasteiger partial charge in [-0.05, 0) is 17.5 Å². The Morgan fingerprint density at radius 3 is 2.96 bits per heavy atom.